The Morgan fingerprint density at radius 3 is 2.61 bits per heavy atom. The number of ether oxygens (including phenoxy) is 2. The summed E-state index contributed by atoms with van der Waals surface area (Å²) in [5.41, 5.74) is 0. The first-order valence-electron chi connectivity index (χ1n) is 7.92. The van der Waals surface area contributed by atoms with Gasteiger partial charge in [-0.3, -0.25) is 0 Å². The first-order chi connectivity index (χ1) is 8.81. The van der Waals surface area contributed by atoms with E-state index >= 15 is 0 Å². The molecule has 1 fully saturated rings. The molecule has 0 aromatic heterocycles. The van der Waals surface area contributed by atoms with E-state index in [2.05, 4.69) is 13.8 Å². The second kappa shape index (κ2) is 9.80. The molecule has 0 aromatic rings. The van der Waals surface area contributed by atoms with E-state index in [1.807, 2.05) is 7.11 Å². The first kappa shape index (κ1) is 16.0. The van der Waals surface area contributed by atoms with E-state index in [1.165, 1.54) is 51.4 Å². The van der Waals surface area contributed by atoms with Gasteiger partial charge in [0.2, 0.25) is 0 Å². The van der Waals surface area contributed by atoms with Crippen molar-refractivity contribution in [3.63, 3.8) is 0 Å². The standard InChI is InChI=1S/C16H32O2/c1-4-6-12-18-13-14(5-2)15-8-7-9-16(17-3)11-10-15/h14-16H,4-13H2,1-3H3. The Morgan fingerprint density at radius 2 is 1.94 bits per heavy atom. The summed E-state index contributed by atoms with van der Waals surface area (Å²) in [7, 11) is 1.86. The lowest BCUT2D eigenvalue weighted by Gasteiger charge is -2.25. The average molecular weight is 256 g/mol. The SMILES string of the molecule is CCCCOCC(CC)C1CCCC(OC)CC1. The quantitative estimate of drug-likeness (QED) is 0.472. The fourth-order valence-corrected chi connectivity index (χ4v) is 3.07. The summed E-state index contributed by atoms with van der Waals surface area (Å²) in [6.45, 7) is 6.45. The van der Waals surface area contributed by atoms with Gasteiger partial charge in [-0.15, -0.1) is 0 Å². The predicted octanol–water partition coefficient (Wildman–Crippen LogP) is 4.42. The van der Waals surface area contributed by atoms with Crippen molar-refractivity contribution in [2.45, 2.75) is 71.3 Å². The van der Waals surface area contributed by atoms with Crippen LogP contribution in [0.4, 0.5) is 0 Å². The van der Waals surface area contributed by atoms with E-state index in [-0.39, 0.29) is 0 Å². The molecule has 0 saturated heterocycles. The summed E-state index contributed by atoms with van der Waals surface area (Å²) < 4.78 is 11.4. The molecule has 2 heteroatoms. The fraction of sp³-hybridized carbons (Fsp3) is 1.00. The number of methoxy groups -OCH3 is 1. The summed E-state index contributed by atoms with van der Waals surface area (Å²) in [6, 6.07) is 0. The zero-order valence-electron chi connectivity index (χ0n) is 12.6. The van der Waals surface area contributed by atoms with Crippen molar-refractivity contribution < 1.29 is 9.47 Å². The molecule has 3 unspecified atom stereocenters. The normalized spacial score (nSPS) is 26.8. The molecule has 0 radical (unpaired) electrons. The van der Waals surface area contributed by atoms with Gasteiger partial charge in [-0.05, 0) is 37.5 Å². The van der Waals surface area contributed by atoms with Crippen LogP contribution in [0.2, 0.25) is 0 Å². The van der Waals surface area contributed by atoms with Crippen LogP contribution in [-0.2, 0) is 9.47 Å². The molecule has 3 atom stereocenters. The highest BCUT2D eigenvalue weighted by molar-refractivity contribution is 4.75. The highest BCUT2D eigenvalue weighted by Crippen LogP contribution is 2.31. The van der Waals surface area contributed by atoms with Gasteiger partial charge in [0.05, 0.1) is 6.10 Å². The van der Waals surface area contributed by atoms with Gasteiger partial charge in [0.15, 0.2) is 0 Å². The van der Waals surface area contributed by atoms with Crippen LogP contribution in [0.5, 0.6) is 0 Å². The van der Waals surface area contributed by atoms with E-state index in [4.69, 9.17) is 9.47 Å². The molecule has 0 N–H and O–H groups in total. The van der Waals surface area contributed by atoms with Crippen molar-refractivity contribution in [2.24, 2.45) is 11.8 Å². The third-order valence-corrected chi connectivity index (χ3v) is 4.46. The van der Waals surface area contributed by atoms with Crippen LogP contribution < -0.4 is 0 Å². The van der Waals surface area contributed by atoms with Crippen LogP contribution in [-0.4, -0.2) is 26.4 Å². The van der Waals surface area contributed by atoms with Crippen LogP contribution in [0, 0.1) is 11.8 Å². The molecule has 0 bridgehead atoms. The summed E-state index contributed by atoms with van der Waals surface area (Å²) in [5.74, 6) is 1.62. The topological polar surface area (TPSA) is 18.5 Å². The van der Waals surface area contributed by atoms with Gasteiger partial charge in [0.1, 0.15) is 0 Å². The minimum Gasteiger partial charge on any atom is -0.381 e. The molecule has 1 aliphatic rings. The number of hydrogen-bond donors (Lipinski definition) is 0. The molecular formula is C16H32O2. The Labute approximate surface area is 113 Å². The second-order valence-corrected chi connectivity index (χ2v) is 5.72. The maximum Gasteiger partial charge on any atom is 0.0571 e. The van der Waals surface area contributed by atoms with Gasteiger partial charge in [-0.1, -0.05) is 39.5 Å². The monoisotopic (exact) mass is 256 g/mol. The maximum atomic E-state index is 5.84. The lowest BCUT2D eigenvalue weighted by molar-refractivity contribution is 0.0642. The second-order valence-electron chi connectivity index (χ2n) is 5.72. The molecule has 2 nitrogen and oxygen atoms in total. The molecule has 0 aliphatic heterocycles. The van der Waals surface area contributed by atoms with Crippen molar-refractivity contribution in [1.82, 2.24) is 0 Å². The largest absolute Gasteiger partial charge is 0.381 e. The van der Waals surface area contributed by atoms with E-state index in [0.29, 0.717) is 6.10 Å². The van der Waals surface area contributed by atoms with Gasteiger partial charge in [0, 0.05) is 20.3 Å². The predicted molar refractivity (Wildman–Crippen MR) is 76.9 cm³/mol. The van der Waals surface area contributed by atoms with Gasteiger partial charge in [0.25, 0.3) is 0 Å². The number of unbranched alkanes of at least 4 members (excludes halogenated alkanes) is 1. The van der Waals surface area contributed by atoms with Crippen molar-refractivity contribution in [1.29, 1.82) is 0 Å². The number of rotatable bonds is 8. The van der Waals surface area contributed by atoms with E-state index in [9.17, 15) is 0 Å². The van der Waals surface area contributed by atoms with Gasteiger partial charge in [-0.2, -0.15) is 0 Å². The average Bonchev–Trinajstić information content (AvgIpc) is 2.64. The van der Waals surface area contributed by atoms with E-state index in [1.54, 1.807) is 0 Å². The third-order valence-electron chi connectivity index (χ3n) is 4.46. The Bertz CT molecular complexity index is 194. The van der Waals surface area contributed by atoms with Gasteiger partial charge < -0.3 is 9.47 Å². The molecule has 1 rings (SSSR count). The lowest BCUT2D eigenvalue weighted by Crippen LogP contribution is -2.20. The molecule has 0 heterocycles. The first-order valence-corrected chi connectivity index (χ1v) is 7.92. The van der Waals surface area contributed by atoms with Crippen molar-refractivity contribution in [3.8, 4) is 0 Å². The van der Waals surface area contributed by atoms with Gasteiger partial charge >= 0.3 is 0 Å². The fourth-order valence-electron chi connectivity index (χ4n) is 3.07. The Hall–Kier alpha value is -0.0800. The van der Waals surface area contributed by atoms with Crippen molar-refractivity contribution in [2.75, 3.05) is 20.3 Å². The highest BCUT2D eigenvalue weighted by Gasteiger charge is 2.24. The van der Waals surface area contributed by atoms with Crippen LogP contribution in [0.15, 0.2) is 0 Å². The minimum absolute atomic E-state index is 0.508. The molecule has 1 aliphatic carbocycles. The van der Waals surface area contributed by atoms with Crippen molar-refractivity contribution in [3.05, 3.63) is 0 Å². The lowest BCUT2D eigenvalue weighted by atomic mass is 9.85. The molecule has 0 spiro atoms. The summed E-state index contributed by atoms with van der Waals surface area (Å²) in [6.07, 6.45) is 10.7. The van der Waals surface area contributed by atoms with Crippen LogP contribution >= 0.6 is 0 Å². The molecular weight excluding hydrogens is 224 g/mol. The zero-order valence-corrected chi connectivity index (χ0v) is 12.6. The Morgan fingerprint density at radius 1 is 1.11 bits per heavy atom. The molecule has 108 valence electrons. The van der Waals surface area contributed by atoms with Crippen LogP contribution in [0.3, 0.4) is 0 Å². The van der Waals surface area contributed by atoms with E-state index < -0.39 is 0 Å². The summed E-state index contributed by atoms with van der Waals surface area (Å²) in [5, 5.41) is 0. The van der Waals surface area contributed by atoms with Crippen molar-refractivity contribution >= 4 is 0 Å². The molecule has 0 amide bonds. The summed E-state index contributed by atoms with van der Waals surface area (Å²) in [4.78, 5) is 0. The minimum atomic E-state index is 0.508. The number of hydrogen-bond acceptors (Lipinski definition) is 2. The smallest absolute Gasteiger partial charge is 0.0571 e. The molecule has 0 aromatic carbocycles. The highest BCUT2D eigenvalue weighted by atomic mass is 16.5. The molecule has 18 heavy (non-hydrogen) atoms. The zero-order chi connectivity index (χ0) is 13.2. The molecule has 1 saturated carbocycles. The Balaban J connectivity index is 2.29. The van der Waals surface area contributed by atoms with E-state index in [0.717, 1.165) is 25.0 Å². The summed E-state index contributed by atoms with van der Waals surface area (Å²) >= 11 is 0. The van der Waals surface area contributed by atoms with Gasteiger partial charge in [-0.25, -0.2) is 0 Å². The maximum absolute atomic E-state index is 5.84. The van der Waals surface area contributed by atoms with Crippen LogP contribution in [0.25, 0.3) is 0 Å². The third kappa shape index (κ3) is 5.71. The van der Waals surface area contributed by atoms with Crippen LogP contribution in [0.1, 0.15) is 65.2 Å². The Kier molecular flexibility index (Phi) is 8.70.